The lowest BCUT2D eigenvalue weighted by Crippen LogP contribution is -2.55. The molecule has 2 aromatic carbocycles. The van der Waals surface area contributed by atoms with Crippen LogP contribution in [0, 0.1) is 12.8 Å². The summed E-state index contributed by atoms with van der Waals surface area (Å²) < 4.78 is 11.7. The third-order valence-electron chi connectivity index (χ3n) is 13.5. The van der Waals surface area contributed by atoms with Crippen molar-refractivity contribution >= 4 is 41.0 Å². The van der Waals surface area contributed by atoms with E-state index >= 15 is 0 Å². The van der Waals surface area contributed by atoms with Crippen molar-refractivity contribution < 1.29 is 13.6 Å². The molecule has 3 unspecified atom stereocenters. The zero-order valence-electron chi connectivity index (χ0n) is 33.5. The van der Waals surface area contributed by atoms with Gasteiger partial charge < -0.3 is 4.42 Å². The van der Waals surface area contributed by atoms with Gasteiger partial charge in [0.1, 0.15) is 5.58 Å². The number of benzene rings is 2. The maximum Gasteiger partial charge on any atom is 0.227 e. The van der Waals surface area contributed by atoms with E-state index < -0.39 is 8.07 Å². The second kappa shape index (κ2) is 13.4. The van der Waals surface area contributed by atoms with Crippen LogP contribution in [0.1, 0.15) is 117 Å². The molecular formula is C49H57N3OSi+2. The van der Waals surface area contributed by atoms with Gasteiger partial charge in [-0.1, -0.05) is 77.9 Å². The highest BCUT2D eigenvalue weighted by atomic mass is 28.3. The van der Waals surface area contributed by atoms with Crippen molar-refractivity contribution in [3.63, 3.8) is 0 Å². The van der Waals surface area contributed by atoms with E-state index in [0.29, 0.717) is 23.7 Å². The highest BCUT2D eigenvalue weighted by Crippen LogP contribution is 2.46. The van der Waals surface area contributed by atoms with Gasteiger partial charge in [-0.25, -0.2) is 4.98 Å². The standard InChI is InChI=1S/C49H57N3OSi/c1-30(2)33(5)35-22-23-51-32(4)24-44-39(21-19-36-26-47-43(27-41(36)45(51)25-35)40-20-18-31(3)50-49(40)53-47)37-16-12-13-17-38(37)46-28-42(34-14-10-9-11-15-34)48(29-52(44)46)54(6,7)8/h12-13,16-18,20,22-23,25-30,33-34,39,44H,4,9-11,14-15,19,21,24H2,1-3,5-8H3/q+2. The maximum atomic E-state index is 6.51. The lowest BCUT2D eigenvalue weighted by molar-refractivity contribution is -0.719. The summed E-state index contributed by atoms with van der Waals surface area (Å²) in [6.45, 7) is 21.7. The molecule has 1 saturated carbocycles. The number of pyridine rings is 3. The quantitative estimate of drug-likeness (QED) is 0.134. The highest BCUT2D eigenvalue weighted by Gasteiger charge is 2.44. The van der Waals surface area contributed by atoms with Gasteiger partial charge in [0.05, 0.1) is 20.1 Å². The summed E-state index contributed by atoms with van der Waals surface area (Å²) in [6.07, 6.45) is 14.6. The third kappa shape index (κ3) is 5.98. The van der Waals surface area contributed by atoms with Crippen molar-refractivity contribution in [2.45, 2.75) is 122 Å². The minimum atomic E-state index is -1.67. The van der Waals surface area contributed by atoms with Gasteiger partial charge in [-0.2, -0.15) is 9.13 Å². The first-order valence-electron chi connectivity index (χ1n) is 20.7. The molecule has 0 N–H and O–H groups in total. The van der Waals surface area contributed by atoms with E-state index in [1.165, 1.54) is 71.3 Å². The van der Waals surface area contributed by atoms with Gasteiger partial charge in [0.25, 0.3) is 0 Å². The Bertz CT molecular complexity index is 2440. The first kappa shape index (κ1) is 35.4. The molecule has 0 saturated heterocycles. The van der Waals surface area contributed by atoms with Crippen LogP contribution in [0.3, 0.4) is 0 Å². The smallest absolute Gasteiger partial charge is 0.227 e. The van der Waals surface area contributed by atoms with Crippen molar-refractivity contribution in [3.8, 4) is 22.5 Å². The molecular weight excluding hydrogens is 675 g/mol. The van der Waals surface area contributed by atoms with Crippen LogP contribution < -0.4 is 14.3 Å². The van der Waals surface area contributed by atoms with Crippen molar-refractivity contribution in [2.75, 3.05) is 0 Å². The summed E-state index contributed by atoms with van der Waals surface area (Å²) in [4.78, 5) is 4.79. The molecule has 1 fully saturated rings. The molecule has 4 aromatic heterocycles. The minimum absolute atomic E-state index is 0.260. The number of allylic oxidation sites excluding steroid dienone is 1. The molecule has 4 nitrogen and oxygen atoms in total. The van der Waals surface area contributed by atoms with Crippen LogP contribution in [0.4, 0.5) is 0 Å². The molecule has 6 heterocycles. The van der Waals surface area contributed by atoms with E-state index in [0.717, 1.165) is 52.7 Å². The fraction of sp³-hybridized carbons (Fsp3) is 0.408. The predicted octanol–water partition coefficient (Wildman–Crippen LogP) is 11.7. The zero-order valence-corrected chi connectivity index (χ0v) is 34.5. The van der Waals surface area contributed by atoms with Crippen LogP contribution in [0.15, 0.2) is 90.1 Å². The average molecular weight is 732 g/mol. The fourth-order valence-corrected chi connectivity index (χ4v) is 11.8. The normalized spacial score (nSPS) is 19.6. The number of rotatable bonds is 4. The van der Waals surface area contributed by atoms with Gasteiger partial charge in [0.15, 0.2) is 24.1 Å². The molecule has 54 heavy (non-hydrogen) atoms. The number of furan rings is 1. The Morgan fingerprint density at radius 3 is 2.41 bits per heavy atom. The van der Waals surface area contributed by atoms with Gasteiger partial charge >= 0.3 is 0 Å². The first-order chi connectivity index (χ1) is 26.0. The molecule has 0 amide bonds. The van der Waals surface area contributed by atoms with Crippen molar-refractivity contribution in [3.05, 3.63) is 114 Å². The van der Waals surface area contributed by atoms with E-state index in [4.69, 9.17) is 16.0 Å². The molecule has 276 valence electrons. The van der Waals surface area contributed by atoms with Crippen LogP contribution in [0.2, 0.25) is 19.6 Å². The summed E-state index contributed by atoms with van der Waals surface area (Å²) in [5.41, 5.74) is 14.9. The number of fused-ring (bicyclic) bond motifs is 12. The number of hydrogen-bond acceptors (Lipinski definition) is 2. The fourth-order valence-electron chi connectivity index (χ4n) is 10.1. The van der Waals surface area contributed by atoms with E-state index in [1.807, 2.05) is 6.92 Å². The van der Waals surface area contributed by atoms with Crippen LogP contribution in [-0.4, -0.2) is 13.1 Å². The van der Waals surface area contributed by atoms with Gasteiger partial charge in [-0.05, 0) is 110 Å². The Morgan fingerprint density at radius 1 is 0.833 bits per heavy atom. The van der Waals surface area contributed by atoms with Gasteiger partial charge in [0, 0.05) is 51.3 Å². The average Bonchev–Trinajstić information content (AvgIpc) is 3.52. The minimum Gasteiger partial charge on any atom is -0.438 e. The molecule has 0 bridgehead atoms. The Labute approximate surface area is 323 Å². The Balaban J connectivity index is 1.26. The molecule has 5 heteroatoms. The van der Waals surface area contributed by atoms with Crippen molar-refractivity contribution in [1.82, 2.24) is 4.98 Å². The Hall–Kier alpha value is -4.35. The van der Waals surface area contributed by atoms with Gasteiger partial charge in [-0.15, -0.1) is 0 Å². The molecule has 2 aliphatic heterocycles. The zero-order chi connectivity index (χ0) is 37.5. The monoisotopic (exact) mass is 731 g/mol. The molecule has 3 aliphatic rings. The van der Waals surface area contributed by atoms with Gasteiger partial charge in [-0.3, -0.25) is 0 Å². The van der Waals surface area contributed by atoms with E-state index in [-0.39, 0.29) is 6.04 Å². The number of nitrogens with zero attached hydrogens (tertiary/aromatic N) is 3. The second-order valence-electron chi connectivity index (χ2n) is 18.3. The lowest BCUT2D eigenvalue weighted by atomic mass is 9.76. The number of hydrogen-bond donors (Lipinski definition) is 0. The first-order valence-corrected chi connectivity index (χ1v) is 24.2. The molecule has 9 rings (SSSR count). The van der Waals surface area contributed by atoms with Crippen LogP contribution in [0.25, 0.3) is 50.3 Å². The highest BCUT2D eigenvalue weighted by molar-refractivity contribution is 6.89. The molecule has 0 radical (unpaired) electrons. The maximum absolute atomic E-state index is 6.51. The summed E-state index contributed by atoms with van der Waals surface area (Å²) in [6, 6.07) is 26.0. The van der Waals surface area contributed by atoms with Crippen molar-refractivity contribution in [1.29, 1.82) is 0 Å². The number of aryl methyl sites for hydroxylation is 2. The molecule has 3 atom stereocenters. The third-order valence-corrected chi connectivity index (χ3v) is 15.5. The van der Waals surface area contributed by atoms with E-state index in [2.05, 4.69) is 129 Å². The van der Waals surface area contributed by atoms with Crippen LogP contribution in [-0.2, 0) is 6.42 Å². The van der Waals surface area contributed by atoms with Gasteiger partial charge in [0.2, 0.25) is 17.1 Å². The summed E-state index contributed by atoms with van der Waals surface area (Å²) in [7, 11) is -1.67. The van der Waals surface area contributed by atoms with Crippen LogP contribution >= 0.6 is 0 Å². The number of aromatic nitrogens is 3. The van der Waals surface area contributed by atoms with E-state index in [9.17, 15) is 0 Å². The predicted molar refractivity (Wildman–Crippen MR) is 226 cm³/mol. The van der Waals surface area contributed by atoms with E-state index in [1.54, 1.807) is 10.8 Å². The largest absolute Gasteiger partial charge is 0.438 e. The molecule has 6 aromatic rings. The molecule has 1 aliphatic carbocycles. The second-order valence-corrected chi connectivity index (χ2v) is 23.3. The van der Waals surface area contributed by atoms with Crippen molar-refractivity contribution in [2.24, 2.45) is 5.92 Å². The molecule has 0 spiro atoms. The summed E-state index contributed by atoms with van der Waals surface area (Å²) >= 11 is 0. The van der Waals surface area contributed by atoms with Crippen LogP contribution in [0.5, 0.6) is 0 Å². The topological polar surface area (TPSA) is 33.8 Å². The Morgan fingerprint density at radius 2 is 1.63 bits per heavy atom. The SMILES string of the molecule is C=C1CC2C(CCc3cc4oc5nc(C)ccc5c4cc3-c3cc(C(C)C(C)C)cc[n+]31)c1ccccc1-c1cc(C3CCCCC3)c([Si](C)(C)C)c[n+]12. The lowest BCUT2D eigenvalue weighted by Gasteiger charge is -2.34. The summed E-state index contributed by atoms with van der Waals surface area (Å²) in [5, 5.41) is 3.86. The summed E-state index contributed by atoms with van der Waals surface area (Å²) in [5.74, 6) is 2.00. The Kier molecular flexibility index (Phi) is 8.80.